The van der Waals surface area contributed by atoms with Gasteiger partial charge in [0.2, 0.25) is 0 Å². The van der Waals surface area contributed by atoms with Gasteiger partial charge < -0.3 is 10.0 Å². The van der Waals surface area contributed by atoms with Crippen LogP contribution in [-0.4, -0.2) is 28.3 Å². The number of rotatable bonds is 6. The van der Waals surface area contributed by atoms with Crippen molar-refractivity contribution in [2.45, 2.75) is 12.0 Å². The summed E-state index contributed by atoms with van der Waals surface area (Å²) in [5.41, 5.74) is -1.02. The number of aliphatic hydroxyl groups is 1. The number of hydrogen-bond acceptors (Lipinski definition) is 5. The lowest BCUT2D eigenvalue weighted by Crippen LogP contribution is -2.41. The zero-order valence-electron chi connectivity index (χ0n) is 13.8. The van der Waals surface area contributed by atoms with Gasteiger partial charge in [0, 0.05) is 29.8 Å². The fourth-order valence-corrected chi connectivity index (χ4v) is 3.09. The highest BCUT2D eigenvalue weighted by atomic mass is 16.6. The van der Waals surface area contributed by atoms with Crippen molar-refractivity contribution in [3.8, 4) is 0 Å². The number of nitro groups is 1. The minimum atomic E-state index is -1.97. The Morgan fingerprint density at radius 1 is 1.23 bits per heavy atom. The monoisotopic (exact) mass is 352 g/mol. The lowest BCUT2D eigenvalue weighted by molar-refractivity contribution is -0.384. The smallest absolute Gasteiger partial charge is 0.269 e. The molecule has 1 aliphatic heterocycles. The van der Waals surface area contributed by atoms with Gasteiger partial charge in [0.05, 0.1) is 17.0 Å². The largest absolute Gasteiger partial charge is 0.375 e. The molecule has 7 heteroatoms. The maximum atomic E-state index is 12.8. The van der Waals surface area contributed by atoms with Crippen LogP contribution in [0.3, 0.4) is 0 Å². The summed E-state index contributed by atoms with van der Waals surface area (Å²) in [6, 6.07) is 11.8. The van der Waals surface area contributed by atoms with Gasteiger partial charge in [-0.3, -0.25) is 19.7 Å². The molecule has 0 spiro atoms. The van der Waals surface area contributed by atoms with Crippen LogP contribution in [-0.2, 0) is 10.4 Å². The maximum absolute atomic E-state index is 12.8. The van der Waals surface area contributed by atoms with Crippen molar-refractivity contribution in [1.82, 2.24) is 0 Å². The van der Waals surface area contributed by atoms with Crippen molar-refractivity contribution in [3.63, 3.8) is 0 Å². The molecule has 1 amide bonds. The van der Waals surface area contributed by atoms with Crippen LogP contribution >= 0.6 is 0 Å². The molecule has 0 fully saturated rings. The Bertz CT molecular complexity index is 906. The van der Waals surface area contributed by atoms with Gasteiger partial charge in [-0.1, -0.05) is 24.3 Å². The number of ketones is 1. The second-order valence-electron chi connectivity index (χ2n) is 5.99. The molecule has 0 aliphatic carbocycles. The van der Waals surface area contributed by atoms with Crippen molar-refractivity contribution in [1.29, 1.82) is 0 Å². The number of amides is 1. The predicted octanol–water partition coefficient (Wildman–Crippen LogP) is 2.59. The standard InChI is InChI=1S/C19H16N2O5/c1-2-11-20-16-6-4-3-5-15(16)19(24,18(20)23)12-17(22)13-7-9-14(10-8-13)21(25)26/h2-10,24H,1,11-12H2/t19-/m0/s1. The molecule has 2 aromatic carbocycles. The number of carbonyl (C=O) groups is 2. The van der Waals surface area contributed by atoms with Gasteiger partial charge in [0.15, 0.2) is 11.4 Å². The molecule has 1 aliphatic rings. The summed E-state index contributed by atoms with van der Waals surface area (Å²) < 4.78 is 0. The normalized spacial score (nSPS) is 18.5. The molecule has 0 unspecified atom stereocenters. The van der Waals surface area contributed by atoms with E-state index in [2.05, 4.69) is 6.58 Å². The number of Topliss-reactive ketones (excluding diaryl/α,β-unsaturated/α-hetero) is 1. The molecular weight excluding hydrogens is 336 g/mol. The Balaban J connectivity index is 1.92. The van der Waals surface area contributed by atoms with Crippen molar-refractivity contribution in [2.75, 3.05) is 11.4 Å². The predicted molar refractivity (Wildman–Crippen MR) is 94.9 cm³/mol. The van der Waals surface area contributed by atoms with E-state index in [1.54, 1.807) is 30.3 Å². The van der Waals surface area contributed by atoms with Gasteiger partial charge in [0.25, 0.3) is 11.6 Å². The van der Waals surface area contributed by atoms with Crippen molar-refractivity contribution >= 4 is 23.1 Å². The molecule has 2 aromatic rings. The van der Waals surface area contributed by atoms with E-state index in [1.165, 1.54) is 29.2 Å². The van der Waals surface area contributed by atoms with Crippen LogP contribution in [0.15, 0.2) is 61.2 Å². The van der Waals surface area contributed by atoms with E-state index in [1.807, 2.05) is 0 Å². The topological polar surface area (TPSA) is 101 Å². The fraction of sp³-hybridized carbons (Fsp3) is 0.158. The average molecular weight is 352 g/mol. The van der Waals surface area contributed by atoms with Crippen LogP contribution < -0.4 is 4.90 Å². The number of fused-ring (bicyclic) bond motifs is 1. The lowest BCUT2D eigenvalue weighted by atomic mass is 9.88. The molecule has 0 saturated heterocycles. The zero-order valence-corrected chi connectivity index (χ0v) is 13.8. The van der Waals surface area contributed by atoms with Crippen LogP contribution in [0.1, 0.15) is 22.3 Å². The van der Waals surface area contributed by atoms with E-state index < -0.39 is 28.6 Å². The summed E-state index contributed by atoms with van der Waals surface area (Å²) >= 11 is 0. The summed E-state index contributed by atoms with van der Waals surface area (Å²) in [6.45, 7) is 3.82. The first-order valence-electron chi connectivity index (χ1n) is 7.91. The second kappa shape index (κ2) is 6.53. The zero-order chi connectivity index (χ0) is 18.9. The summed E-state index contributed by atoms with van der Waals surface area (Å²) in [7, 11) is 0. The van der Waals surface area contributed by atoms with Crippen LogP contribution in [0.5, 0.6) is 0 Å². The molecule has 1 N–H and O–H groups in total. The SMILES string of the molecule is C=CCN1C(=O)[C@](O)(CC(=O)c2ccc([N+](=O)[O-])cc2)c2ccccc21. The Morgan fingerprint density at radius 3 is 2.50 bits per heavy atom. The minimum Gasteiger partial charge on any atom is -0.375 e. The first kappa shape index (κ1) is 17.5. The number of carbonyl (C=O) groups excluding carboxylic acids is 2. The average Bonchev–Trinajstić information content (AvgIpc) is 2.84. The molecule has 26 heavy (non-hydrogen) atoms. The molecule has 0 saturated carbocycles. The van der Waals surface area contributed by atoms with Crippen molar-refractivity contribution < 1.29 is 19.6 Å². The second-order valence-corrected chi connectivity index (χ2v) is 5.99. The van der Waals surface area contributed by atoms with Gasteiger partial charge in [-0.25, -0.2) is 0 Å². The van der Waals surface area contributed by atoms with Gasteiger partial charge in [0.1, 0.15) is 0 Å². The number of nitrogens with zero attached hydrogens (tertiary/aromatic N) is 2. The number of nitro benzene ring substituents is 1. The molecule has 0 bridgehead atoms. The number of benzene rings is 2. The first-order chi connectivity index (χ1) is 12.4. The molecule has 7 nitrogen and oxygen atoms in total. The third-order valence-corrected chi connectivity index (χ3v) is 4.37. The highest BCUT2D eigenvalue weighted by Crippen LogP contribution is 2.42. The number of non-ortho nitro benzene ring substituents is 1. The van der Waals surface area contributed by atoms with Crippen LogP contribution in [0.25, 0.3) is 0 Å². The third-order valence-electron chi connectivity index (χ3n) is 4.37. The molecule has 1 atom stereocenters. The van der Waals surface area contributed by atoms with E-state index in [0.29, 0.717) is 11.3 Å². The minimum absolute atomic E-state index is 0.139. The molecule has 132 valence electrons. The Labute approximate surface area is 149 Å². The van der Waals surface area contributed by atoms with Crippen molar-refractivity contribution in [2.24, 2.45) is 0 Å². The van der Waals surface area contributed by atoms with Gasteiger partial charge >= 0.3 is 0 Å². The van der Waals surface area contributed by atoms with Crippen LogP contribution in [0, 0.1) is 10.1 Å². The summed E-state index contributed by atoms with van der Waals surface area (Å²) in [6.07, 6.45) is 1.09. The van der Waals surface area contributed by atoms with E-state index >= 15 is 0 Å². The first-order valence-corrected chi connectivity index (χ1v) is 7.91. The number of para-hydroxylation sites is 1. The molecule has 1 heterocycles. The van der Waals surface area contributed by atoms with Crippen LogP contribution in [0.4, 0.5) is 11.4 Å². The van der Waals surface area contributed by atoms with E-state index in [9.17, 15) is 24.8 Å². The quantitative estimate of drug-likeness (QED) is 0.373. The third kappa shape index (κ3) is 2.78. The molecule has 0 radical (unpaired) electrons. The molecule has 0 aromatic heterocycles. The summed E-state index contributed by atoms with van der Waals surface area (Å²) in [4.78, 5) is 36.9. The van der Waals surface area contributed by atoms with Gasteiger partial charge in [-0.15, -0.1) is 6.58 Å². The lowest BCUT2D eigenvalue weighted by Gasteiger charge is -2.22. The van der Waals surface area contributed by atoms with E-state index in [0.717, 1.165) is 0 Å². The number of anilines is 1. The van der Waals surface area contributed by atoms with E-state index in [-0.39, 0.29) is 17.8 Å². The Morgan fingerprint density at radius 2 is 1.88 bits per heavy atom. The highest BCUT2D eigenvalue weighted by Gasteiger charge is 2.50. The Kier molecular flexibility index (Phi) is 4.40. The highest BCUT2D eigenvalue weighted by molar-refractivity contribution is 6.10. The fourth-order valence-electron chi connectivity index (χ4n) is 3.09. The van der Waals surface area contributed by atoms with E-state index in [4.69, 9.17) is 0 Å². The van der Waals surface area contributed by atoms with Crippen molar-refractivity contribution in [3.05, 3.63) is 82.4 Å². The Hall–Kier alpha value is -3.32. The van der Waals surface area contributed by atoms with Crippen LogP contribution in [0.2, 0.25) is 0 Å². The molecular formula is C19H16N2O5. The maximum Gasteiger partial charge on any atom is 0.269 e. The van der Waals surface area contributed by atoms with Gasteiger partial charge in [-0.05, 0) is 18.2 Å². The molecule has 3 rings (SSSR count). The van der Waals surface area contributed by atoms with Gasteiger partial charge in [-0.2, -0.15) is 0 Å². The summed E-state index contributed by atoms with van der Waals surface area (Å²) in [5.74, 6) is -1.07. The number of hydrogen-bond donors (Lipinski definition) is 1. The summed E-state index contributed by atoms with van der Waals surface area (Å²) in [5, 5.41) is 21.7.